The molecule has 0 amide bonds. The van der Waals surface area contributed by atoms with Crippen molar-refractivity contribution in [1.82, 2.24) is 0 Å². The van der Waals surface area contributed by atoms with Crippen LogP contribution in [-0.4, -0.2) is 6.54 Å². The van der Waals surface area contributed by atoms with Crippen molar-refractivity contribution in [2.75, 3.05) is 6.54 Å². The van der Waals surface area contributed by atoms with Crippen molar-refractivity contribution in [3.05, 3.63) is 0 Å². The molecule has 0 saturated heterocycles. The van der Waals surface area contributed by atoms with E-state index in [2.05, 4.69) is 13.8 Å². The molecule has 0 heterocycles. The molecule has 14 heavy (non-hydrogen) atoms. The molecule has 1 atom stereocenters. The third-order valence-corrected chi connectivity index (χ3v) is 4.84. The van der Waals surface area contributed by atoms with Crippen LogP contribution in [-0.2, 0) is 0 Å². The maximum atomic E-state index is 6.04. The summed E-state index contributed by atoms with van der Waals surface area (Å²) in [6.07, 6.45) is 9.94. The Morgan fingerprint density at radius 2 is 1.79 bits per heavy atom. The van der Waals surface area contributed by atoms with Gasteiger partial charge in [0.25, 0.3) is 0 Å². The third kappa shape index (κ3) is 1.71. The first-order valence-electron chi connectivity index (χ1n) is 6.28. The molecule has 1 heteroatoms. The van der Waals surface area contributed by atoms with E-state index in [1.165, 1.54) is 44.9 Å². The largest absolute Gasteiger partial charge is 0.330 e. The lowest BCUT2D eigenvalue weighted by atomic mass is 9.72. The van der Waals surface area contributed by atoms with Crippen molar-refractivity contribution < 1.29 is 0 Å². The molecule has 2 rings (SSSR count). The third-order valence-electron chi connectivity index (χ3n) is 4.84. The van der Waals surface area contributed by atoms with Gasteiger partial charge in [0.05, 0.1) is 0 Å². The second-order valence-electron chi connectivity index (χ2n) is 6.38. The predicted molar refractivity (Wildman–Crippen MR) is 61.1 cm³/mol. The topological polar surface area (TPSA) is 26.0 Å². The average molecular weight is 195 g/mol. The molecule has 2 fully saturated rings. The Labute approximate surface area is 88.4 Å². The van der Waals surface area contributed by atoms with Crippen LogP contribution in [0.2, 0.25) is 0 Å². The van der Waals surface area contributed by atoms with E-state index in [9.17, 15) is 0 Å². The summed E-state index contributed by atoms with van der Waals surface area (Å²) < 4.78 is 0. The van der Waals surface area contributed by atoms with Gasteiger partial charge in [-0.15, -0.1) is 0 Å². The molecule has 0 radical (unpaired) electrons. The van der Waals surface area contributed by atoms with Gasteiger partial charge in [0.1, 0.15) is 0 Å². The monoisotopic (exact) mass is 195 g/mol. The second-order valence-corrected chi connectivity index (χ2v) is 6.38. The lowest BCUT2D eigenvalue weighted by Gasteiger charge is -2.35. The van der Waals surface area contributed by atoms with Gasteiger partial charge in [-0.3, -0.25) is 0 Å². The Balaban J connectivity index is 2.07. The first-order chi connectivity index (χ1) is 6.58. The highest BCUT2D eigenvalue weighted by molar-refractivity contribution is 4.97. The van der Waals surface area contributed by atoms with Gasteiger partial charge in [-0.05, 0) is 55.4 Å². The van der Waals surface area contributed by atoms with Gasteiger partial charge >= 0.3 is 0 Å². The summed E-state index contributed by atoms with van der Waals surface area (Å²) >= 11 is 0. The molecule has 0 spiro atoms. The fourth-order valence-electron chi connectivity index (χ4n) is 3.82. The minimum atomic E-state index is 0.549. The van der Waals surface area contributed by atoms with Gasteiger partial charge < -0.3 is 5.73 Å². The highest BCUT2D eigenvalue weighted by atomic mass is 14.6. The Kier molecular flexibility index (Phi) is 2.63. The molecule has 0 aromatic heterocycles. The molecule has 2 N–H and O–H groups in total. The maximum Gasteiger partial charge on any atom is -0.00179 e. The lowest BCUT2D eigenvalue weighted by Crippen LogP contribution is -2.34. The zero-order valence-electron chi connectivity index (χ0n) is 9.81. The highest BCUT2D eigenvalue weighted by Gasteiger charge is 2.45. The van der Waals surface area contributed by atoms with Gasteiger partial charge in [-0.1, -0.05) is 26.7 Å². The summed E-state index contributed by atoms with van der Waals surface area (Å²) in [5.41, 5.74) is 7.18. The first kappa shape index (κ1) is 10.5. The molecule has 0 bridgehead atoms. The van der Waals surface area contributed by atoms with Crippen molar-refractivity contribution in [3.8, 4) is 0 Å². The summed E-state index contributed by atoms with van der Waals surface area (Å²) in [4.78, 5) is 0. The fraction of sp³-hybridized carbons (Fsp3) is 1.00. The van der Waals surface area contributed by atoms with Crippen LogP contribution in [0, 0.1) is 16.7 Å². The second kappa shape index (κ2) is 3.52. The Morgan fingerprint density at radius 1 is 1.14 bits per heavy atom. The quantitative estimate of drug-likeness (QED) is 0.718. The molecule has 0 aromatic rings. The Bertz CT molecular complexity index is 201. The molecule has 2 aliphatic rings. The molecular weight excluding hydrogens is 170 g/mol. The van der Waals surface area contributed by atoms with Crippen LogP contribution in [0.1, 0.15) is 58.8 Å². The van der Waals surface area contributed by atoms with E-state index in [0.717, 1.165) is 12.5 Å². The summed E-state index contributed by atoms with van der Waals surface area (Å²) in [5, 5.41) is 0. The van der Waals surface area contributed by atoms with Crippen molar-refractivity contribution in [3.63, 3.8) is 0 Å². The summed E-state index contributed by atoms with van der Waals surface area (Å²) in [7, 11) is 0. The van der Waals surface area contributed by atoms with E-state index in [4.69, 9.17) is 5.73 Å². The van der Waals surface area contributed by atoms with Crippen molar-refractivity contribution >= 4 is 0 Å². The molecule has 0 aliphatic heterocycles. The van der Waals surface area contributed by atoms with Gasteiger partial charge in [0.15, 0.2) is 0 Å². The fourth-order valence-corrected chi connectivity index (χ4v) is 3.82. The molecule has 82 valence electrons. The standard InChI is InChI=1S/C13H25N/c1-12(2)8-5-11(9-12)13(10-14)6-3-4-7-13/h11H,3-10,14H2,1-2H3. The molecule has 0 aromatic carbocycles. The molecule has 1 nitrogen and oxygen atoms in total. The van der Waals surface area contributed by atoms with Gasteiger partial charge in [0, 0.05) is 0 Å². The highest BCUT2D eigenvalue weighted by Crippen LogP contribution is 2.54. The first-order valence-corrected chi connectivity index (χ1v) is 6.28. The van der Waals surface area contributed by atoms with E-state index in [0.29, 0.717) is 10.8 Å². The van der Waals surface area contributed by atoms with Gasteiger partial charge in [0.2, 0.25) is 0 Å². The van der Waals surface area contributed by atoms with Crippen molar-refractivity contribution in [2.45, 2.75) is 58.8 Å². The van der Waals surface area contributed by atoms with Crippen LogP contribution in [0.25, 0.3) is 0 Å². The van der Waals surface area contributed by atoms with Crippen LogP contribution < -0.4 is 5.73 Å². The summed E-state index contributed by atoms with van der Waals surface area (Å²) in [6, 6.07) is 0. The molecule has 2 aliphatic carbocycles. The molecule has 1 unspecified atom stereocenters. The number of rotatable bonds is 2. The summed E-state index contributed by atoms with van der Waals surface area (Å²) in [5.74, 6) is 0.935. The smallest absolute Gasteiger partial charge is 0.00179 e. The van der Waals surface area contributed by atoms with E-state index in [1.807, 2.05) is 0 Å². The lowest BCUT2D eigenvalue weighted by molar-refractivity contribution is 0.166. The Morgan fingerprint density at radius 3 is 2.21 bits per heavy atom. The van der Waals surface area contributed by atoms with Gasteiger partial charge in [-0.25, -0.2) is 0 Å². The minimum absolute atomic E-state index is 0.549. The van der Waals surface area contributed by atoms with E-state index < -0.39 is 0 Å². The van der Waals surface area contributed by atoms with E-state index in [1.54, 1.807) is 0 Å². The number of nitrogens with two attached hydrogens (primary N) is 1. The van der Waals surface area contributed by atoms with Crippen LogP contribution in [0.3, 0.4) is 0 Å². The van der Waals surface area contributed by atoms with Crippen LogP contribution in [0.15, 0.2) is 0 Å². The van der Waals surface area contributed by atoms with E-state index >= 15 is 0 Å². The van der Waals surface area contributed by atoms with Gasteiger partial charge in [-0.2, -0.15) is 0 Å². The maximum absolute atomic E-state index is 6.04. The van der Waals surface area contributed by atoms with Crippen LogP contribution >= 0.6 is 0 Å². The average Bonchev–Trinajstić information content (AvgIpc) is 2.72. The van der Waals surface area contributed by atoms with Crippen LogP contribution in [0.4, 0.5) is 0 Å². The minimum Gasteiger partial charge on any atom is -0.330 e. The number of hydrogen-bond acceptors (Lipinski definition) is 1. The molecule has 2 saturated carbocycles. The normalized spacial score (nSPS) is 34.9. The number of hydrogen-bond donors (Lipinski definition) is 1. The zero-order chi connectivity index (χ0) is 10.2. The molecular formula is C13H25N. The van der Waals surface area contributed by atoms with Crippen molar-refractivity contribution in [1.29, 1.82) is 0 Å². The predicted octanol–water partition coefficient (Wildman–Crippen LogP) is 3.33. The van der Waals surface area contributed by atoms with Crippen molar-refractivity contribution in [2.24, 2.45) is 22.5 Å². The SMILES string of the molecule is CC1(C)CCC(C2(CN)CCCC2)C1. The Hall–Kier alpha value is -0.0400. The van der Waals surface area contributed by atoms with Crippen LogP contribution in [0.5, 0.6) is 0 Å². The summed E-state index contributed by atoms with van der Waals surface area (Å²) in [6.45, 7) is 5.78. The zero-order valence-corrected chi connectivity index (χ0v) is 9.81. The van der Waals surface area contributed by atoms with E-state index in [-0.39, 0.29) is 0 Å².